The molecule has 0 spiro atoms. The summed E-state index contributed by atoms with van der Waals surface area (Å²) < 4.78 is 4.84. The Morgan fingerprint density at radius 1 is 1.36 bits per heavy atom. The number of carbonyl (C=O) groups excluding carboxylic acids is 2. The number of nitrogens with zero attached hydrogens (tertiary/aromatic N) is 1. The molecule has 0 fully saturated rings. The molecule has 0 unspecified atom stereocenters. The lowest BCUT2D eigenvalue weighted by atomic mass is 9.92. The lowest BCUT2D eigenvalue weighted by molar-refractivity contribution is -0.384. The molecule has 1 N–H and O–H groups in total. The molecule has 0 saturated heterocycles. The molecule has 0 aromatic heterocycles. The third-order valence-corrected chi connectivity index (χ3v) is 2.79. The predicted molar refractivity (Wildman–Crippen MR) is 81.8 cm³/mol. The van der Waals surface area contributed by atoms with E-state index in [0.29, 0.717) is 0 Å². The van der Waals surface area contributed by atoms with Crippen LogP contribution in [0.2, 0.25) is 5.02 Å². The van der Waals surface area contributed by atoms with Crippen molar-refractivity contribution in [2.75, 3.05) is 11.9 Å². The van der Waals surface area contributed by atoms with Crippen molar-refractivity contribution in [3.8, 4) is 0 Å². The highest BCUT2D eigenvalue weighted by atomic mass is 35.5. The van der Waals surface area contributed by atoms with Crippen molar-refractivity contribution in [2.24, 2.45) is 5.41 Å². The van der Waals surface area contributed by atoms with E-state index in [1.165, 1.54) is 12.1 Å². The summed E-state index contributed by atoms with van der Waals surface area (Å²) >= 11 is 5.67. The molecule has 0 bridgehead atoms. The van der Waals surface area contributed by atoms with E-state index in [1.807, 2.05) is 20.8 Å². The van der Waals surface area contributed by atoms with Crippen LogP contribution in [0.5, 0.6) is 0 Å². The fraction of sp³-hybridized carbons (Fsp3) is 0.429. The van der Waals surface area contributed by atoms with Gasteiger partial charge in [-0.15, -0.1) is 0 Å². The Labute approximate surface area is 132 Å². The first-order valence-corrected chi connectivity index (χ1v) is 6.86. The van der Waals surface area contributed by atoms with Gasteiger partial charge in [-0.1, -0.05) is 32.4 Å². The van der Waals surface area contributed by atoms with Gasteiger partial charge in [0.1, 0.15) is 5.02 Å². The van der Waals surface area contributed by atoms with Gasteiger partial charge in [-0.25, -0.2) is 0 Å². The Hall–Kier alpha value is -2.15. The summed E-state index contributed by atoms with van der Waals surface area (Å²) in [4.78, 5) is 33.2. The molecular weight excluding hydrogens is 312 g/mol. The second kappa shape index (κ2) is 7.22. The van der Waals surface area contributed by atoms with Crippen molar-refractivity contribution in [2.45, 2.75) is 27.2 Å². The summed E-state index contributed by atoms with van der Waals surface area (Å²) in [6.45, 7) is 5.18. The number of anilines is 1. The Kier molecular flexibility index (Phi) is 5.87. The fourth-order valence-electron chi connectivity index (χ4n) is 1.56. The molecule has 0 aliphatic rings. The molecule has 8 heteroatoms. The zero-order valence-corrected chi connectivity index (χ0v) is 13.3. The average Bonchev–Trinajstić information content (AvgIpc) is 2.36. The van der Waals surface area contributed by atoms with Gasteiger partial charge >= 0.3 is 5.97 Å². The third-order valence-electron chi connectivity index (χ3n) is 2.47. The van der Waals surface area contributed by atoms with E-state index in [1.54, 1.807) is 0 Å². The molecule has 1 amide bonds. The molecule has 0 heterocycles. The molecule has 0 aliphatic heterocycles. The highest BCUT2D eigenvalue weighted by molar-refractivity contribution is 6.32. The number of hydrogen-bond donors (Lipinski definition) is 1. The predicted octanol–water partition coefficient (Wildman–Crippen LogP) is 3.17. The normalized spacial score (nSPS) is 10.9. The highest BCUT2D eigenvalue weighted by Crippen LogP contribution is 2.27. The average molecular weight is 329 g/mol. The number of nitro groups is 1. The number of esters is 1. The number of nitro benzene ring substituents is 1. The summed E-state index contributed by atoms with van der Waals surface area (Å²) in [5.74, 6) is -1.07. The van der Waals surface area contributed by atoms with Gasteiger partial charge in [0.15, 0.2) is 6.61 Å². The standard InChI is InChI=1S/C14H17ClN2O5/c1-14(2,3)7-13(19)22-8-12(18)16-9-4-5-10(15)11(6-9)17(20)21/h4-6H,7-8H2,1-3H3,(H,16,18). The second-order valence-electron chi connectivity index (χ2n) is 5.87. The molecule has 0 radical (unpaired) electrons. The number of nitrogens with one attached hydrogen (secondary N) is 1. The Bertz CT molecular complexity index is 595. The van der Waals surface area contributed by atoms with E-state index < -0.39 is 23.4 Å². The first-order chi connectivity index (χ1) is 10.1. The lowest BCUT2D eigenvalue weighted by Crippen LogP contribution is -2.23. The number of carbonyl (C=O) groups is 2. The number of ether oxygens (including phenoxy) is 1. The van der Waals surface area contributed by atoms with E-state index >= 15 is 0 Å². The Balaban J connectivity index is 2.57. The maximum Gasteiger partial charge on any atom is 0.306 e. The molecular formula is C14H17ClN2O5. The molecule has 1 aromatic rings. The van der Waals surface area contributed by atoms with E-state index in [0.717, 1.165) is 6.07 Å². The molecule has 0 atom stereocenters. The number of rotatable bonds is 5. The van der Waals surface area contributed by atoms with Crippen LogP contribution in [0, 0.1) is 15.5 Å². The highest BCUT2D eigenvalue weighted by Gasteiger charge is 2.18. The van der Waals surface area contributed by atoms with Crippen molar-refractivity contribution in [1.82, 2.24) is 0 Å². The van der Waals surface area contributed by atoms with Crippen LogP contribution >= 0.6 is 11.6 Å². The first kappa shape index (κ1) is 17.9. The van der Waals surface area contributed by atoms with Gasteiger partial charge in [-0.3, -0.25) is 19.7 Å². The van der Waals surface area contributed by atoms with Crippen LogP contribution in [-0.2, 0) is 14.3 Å². The zero-order valence-electron chi connectivity index (χ0n) is 12.5. The van der Waals surface area contributed by atoms with Gasteiger partial charge in [-0.05, 0) is 17.5 Å². The molecule has 0 aliphatic carbocycles. The van der Waals surface area contributed by atoms with Gasteiger partial charge in [0, 0.05) is 11.8 Å². The van der Waals surface area contributed by atoms with Crippen LogP contribution in [0.3, 0.4) is 0 Å². The molecule has 0 saturated carbocycles. The van der Waals surface area contributed by atoms with Crippen molar-refractivity contribution >= 4 is 34.9 Å². The number of hydrogen-bond acceptors (Lipinski definition) is 5. The van der Waals surface area contributed by atoms with Crippen LogP contribution in [0.4, 0.5) is 11.4 Å². The Morgan fingerprint density at radius 2 is 2.00 bits per heavy atom. The molecule has 22 heavy (non-hydrogen) atoms. The molecule has 120 valence electrons. The molecule has 7 nitrogen and oxygen atoms in total. The zero-order chi connectivity index (χ0) is 16.9. The van der Waals surface area contributed by atoms with Crippen molar-refractivity contribution in [3.05, 3.63) is 33.3 Å². The van der Waals surface area contributed by atoms with Crippen LogP contribution < -0.4 is 5.32 Å². The van der Waals surface area contributed by atoms with E-state index in [-0.39, 0.29) is 28.2 Å². The summed E-state index contributed by atoms with van der Waals surface area (Å²) in [5, 5.41) is 13.1. The van der Waals surface area contributed by atoms with Crippen molar-refractivity contribution < 1.29 is 19.2 Å². The fourth-order valence-corrected chi connectivity index (χ4v) is 1.74. The van der Waals surface area contributed by atoms with Gasteiger partial charge in [0.2, 0.25) is 0 Å². The summed E-state index contributed by atoms with van der Waals surface area (Å²) in [6, 6.07) is 3.86. The minimum Gasteiger partial charge on any atom is -0.456 e. The molecule has 1 rings (SSSR count). The number of amides is 1. The van der Waals surface area contributed by atoms with Gasteiger partial charge in [0.05, 0.1) is 11.3 Å². The second-order valence-corrected chi connectivity index (χ2v) is 6.28. The van der Waals surface area contributed by atoms with Crippen molar-refractivity contribution in [1.29, 1.82) is 0 Å². The summed E-state index contributed by atoms with van der Waals surface area (Å²) in [7, 11) is 0. The SMILES string of the molecule is CC(C)(C)CC(=O)OCC(=O)Nc1ccc(Cl)c([N+](=O)[O-])c1. The third kappa shape index (κ3) is 6.09. The summed E-state index contributed by atoms with van der Waals surface area (Å²) in [6.07, 6.45) is 0.187. The van der Waals surface area contributed by atoms with Crippen LogP contribution in [0.15, 0.2) is 18.2 Å². The molecule has 1 aromatic carbocycles. The van der Waals surface area contributed by atoms with Crippen molar-refractivity contribution in [3.63, 3.8) is 0 Å². The minimum atomic E-state index is -0.651. The smallest absolute Gasteiger partial charge is 0.306 e. The van der Waals surface area contributed by atoms with Crippen LogP contribution in [-0.4, -0.2) is 23.4 Å². The van der Waals surface area contributed by atoms with E-state index in [9.17, 15) is 19.7 Å². The Morgan fingerprint density at radius 3 is 2.55 bits per heavy atom. The largest absolute Gasteiger partial charge is 0.456 e. The van der Waals surface area contributed by atoms with Crippen LogP contribution in [0.25, 0.3) is 0 Å². The van der Waals surface area contributed by atoms with Gasteiger partial charge in [-0.2, -0.15) is 0 Å². The first-order valence-electron chi connectivity index (χ1n) is 6.48. The van der Waals surface area contributed by atoms with Crippen LogP contribution in [0.1, 0.15) is 27.2 Å². The maximum atomic E-state index is 11.7. The van der Waals surface area contributed by atoms with Gasteiger partial charge in [0.25, 0.3) is 11.6 Å². The summed E-state index contributed by atoms with van der Waals surface area (Å²) in [5.41, 5.74) is -0.346. The quantitative estimate of drug-likeness (QED) is 0.508. The van der Waals surface area contributed by atoms with E-state index in [4.69, 9.17) is 16.3 Å². The number of benzene rings is 1. The minimum absolute atomic E-state index is 0.0281. The lowest BCUT2D eigenvalue weighted by Gasteiger charge is -2.16. The maximum absolute atomic E-state index is 11.7. The van der Waals surface area contributed by atoms with Gasteiger partial charge < -0.3 is 10.1 Å². The van der Waals surface area contributed by atoms with E-state index in [2.05, 4.69) is 5.32 Å². The topological polar surface area (TPSA) is 98.5 Å². The number of halogens is 1. The monoisotopic (exact) mass is 328 g/mol.